The number of rotatable bonds is 7. The van der Waals surface area contributed by atoms with Crippen LogP contribution in [0.25, 0.3) is 0 Å². The lowest BCUT2D eigenvalue weighted by Gasteiger charge is -2.36. The van der Waals surface area contributed by atoms with Crippen LogP contribution in [0, 0.1) is 10.1 Å². The van der Waals surface area contributed by atoms with Gasteiger partial charge in [0.05, 0.1) is 29.4 Å². The zero-order valence-corrected chi connectivity index (χ0v) is 19.9. The molecule has 11 heteroatoms. The SMILES string of the molecule is COc1ccc(C(F)(F)F)cc1N1CCN(CCOc2cc([N+](=O)[O-])cc3c2OC(C)(C)C3)CC1. The van der Waals surface area contributed by atoms with Crippen LogP contribution in [0.3, 0.4) is 0 Å². The average molecular weight is 495 g/mol. The second-order valence-electron chi connectivity index (χ2n) is 9.29. The smallest absolute Gasteiger partial charge is 0.416 e. The van der Waals surface area contributed by atoms with Crippen molar-refractivity contribution >= 4 is 11.4 Å². The molecule has 0 saturated carbocycles. The number of halogens is 3. The van der Waals surface area contributed by atoms with E-state index in [0.717, 1.165) is 17.7 Å². The number of non-ortho nitro benzene ring substituents is 1. The maximum atomic E-state index is 13.2. The third kappa shape index (κ3) is 5.55. The highest BCUT2D eigenvalue weighted by Crippen LogP contribution is 2.44. The molecule has 0 spiro atoms. The van der Waals surface area contributed by atoms with E-state index in [2.05, 4.69) is 4.90 Å². The van der Waals surface area contributed by atoms with Crippen molar-refractivity contribution in [3.05, 3.63) is 51.6 Å². The first-order valence-electron chi connectivity index (χ1n) is 11.3. The second kappa shape index (κ2) is 9.44. The summed E-state index contributed by atoms with van der Waals surface area (Å²) < 4.78 is 56.7. The zero-order valence-electron chi connectivity index (χ0n) is 19.9. The molecule has 0 radical (unpaired) electrons. The van der Waals surface area contributed by atoms with Gasteiger partial charge in [-0.15, -0.1) is 0 Å². The number of hydrogen-bond acceptors (Lipinski definition) is 7. The number of methoxy groups -OCH3 is 1. The number of fused-ring (bicyclic) bond motifs is 1. The second-order valence-corrected chi connectivity index (χ2v) is 9.29. The van der Waals surface area contributed by atoms with Crippen molar-refractivity contribution in [2.24, 2.45) is 0 Å². The number of nitrogens with zero attached hydrogens (tertiary/aromatic N) is 3. The molecule has 0 aromatic heterocycles. The van der Waals surface area contributed by atoms with Crippen LogP contribution >= 0.6 is 0 Å². The molecular formula is C24H28F3N3O5. The molecule has 2 aromatic carbocycles. The summed E-state index contributed by atoms with van der Waals surface area (Å²) in [7, 11) is 1.44. The largest absolute Gasteiger partial charge is 0.495 e. The van der Waals surface area contributed by atoms with E-state index in [0.29, 0.717) is 68.7 Å². The number of piperazine rings is 1. The fraction of sp³-hybridized carbons (Fsp3) is 0.500. The minimum atomic E-state index is -4.42. The topological polar surface area (TPSA) is 77.3 Å². The maximum absolute atomic E-state index is 13.2. The van der Waals surface area contributed by atoms with Gasteiger partial charge in [-0.25, -0.2) is 0 Å². The van der Waals surface area contributed by atoms with Crippen LogP contribution in [-0.2, 0) is 12.6 Å². The van der Waals surface area contributed by atoms with Crippen LogP contribution in [-0.4, -0.2) is 61.9 Å². The molecule has 1 fully saturated rings. The van der Waals surface area contributed by atoms with Crippen molar-refractivity contribution in [3.63, 3.8) is 0 Å². The molecule has 4 rings (SSSR count). The molecule has 0 unspecified atom stereocenters. The number of anilines is 1. The molecule has 0 aliphatic carbocycles. The number of nitro groups is 1. The van der Waals surface area contributed by atoms with Crippen LogP contribution in [0.1, 0.15) is 25.0 Å². The molecule has 0 N–H and O–H groups in total. The van der Waals surface area contributed by atoms with E-state index in [1.807, 2.05) is 18.7 Å². The monoisotopic (exact) mass is 495 g/mol. The van der Waals surface area contributed by atoms with Gasteiger partial charge in [0.1, 0.15) is 18.0 Å². The highest BCUT2D eigenvalue weighted by atomic mass is 19.4. The molecule has 190 valence electrons. The highest BCUT2D eigenvalue weighted by Gasteiger charge is 2.35. The Morgan fingerprint density at radius 2 is 1.83 bits per heavy atom. The summed E-state index contributed by atoms with van der Waals surface area (Å²) in [5, 5.41) is 11.3. The number of alkyl halides is 3. The minimum absolute atomic E-state index is 0.0382. The van der Waals surface area contributed by atoms with Crippen LogP contribution in [0.5, 0.6) is 17.2 Å². The summed E-state index contributed by atoms with van der Waals surface area (Å²) in [5.41, 5.74) is -0.0353. The first-order chi connectivity index (χ1) is 16.5. The van der Waals surface area contributed by atoms with E-state index in [1.54, 1.807) is 0 Å². The van der Waals surface area contributed by atoms with E-state index in [9.17, 15) is 23.3 Å². The van der Waals surface area contributed by atoms with E-state index >= 15 is 0 Å². The summed E-state index contributed by atoms with van der Waals surface area (Å²) >= 11 is 0. The molecular weight excluding hydrogens is 467 g/mol. The Balaban J connectivity index is 1.37. The Hall–Kier alpha value is -3.21. The third-order valence-electron chi connectivity index (χ3n) is 6.21. The van der Waals surface area contributed by atoms with Gasteiger partial charge in [0.25, 0.3) is 5.69 Å². The van der Waals surface area contributed by atoms with E-state index in [1.165, 1.54) is 25.3 Å². The summed E-state index contributed by atoms with van der Waals surface area (Å²) in [4.78, 5) is 14.9. The van der Waals surface area contributed by atoms with Gasteiger partial charge in [0, 0.05) is 50.8 Å². The summed E-state index contributed by atoms with van der Waals surface area (Å²) in [6.45, 7) is 7.00. The number of benzene rings is 2. The predicted octanol–water partition coefficient (Wildman–Crippen LogP) is 4.54. The Morgan fingerprint density at radius 1 is 1.11 bits per heavy atom. The van der Waals surface area contributed by atoms with Gasteiger partial charge in [0.2, 0.25) is 0 Å². The van der Waals surface area contributed by atoms with Crippen LogP contribution in [0.2, 0.25) is 0 Å². The Labute approximate surface area is 201 Å². The van der Waals surface area contributed by atoms with Gasteiger partial charge in [-0.1, -0.05) is 0 Å². The molecule has 0 atom stereocenters. The quantitative estimate of drug-likeness (QED) is 0.412. The van der Waals surface area contributed by atoms with E-state index < -0.39 is 22.3 Å². The molecule has 2 aliphatic heterocycles. The normalized spacial score (nSPS) is 17.6. The van der Waals surface area contributed by atoms with Crippen molar-refractivity contribution in [1.82, 2.24) is 4.90 Å². The Bertz CT molecular complexity index is 1100. The Kier molecular flexibility index (Phi) is 6.72. The van der Waals surface area contributed by atoms with Gasteiger partial charge in [0.15, 0.2) is 11.5 Å². The van der Waals surface area contributed by atoms with Gasteiger partial charge in [-0.05, 0) is 32.0 Å². The van der Waals surface area contributed by atoms with Crippen LogP contribution < -0.4 is 19.1 Å². The zero-order chi connectivity index (χ0) is 25.4. The van der Waals surface area contributed by atoms with Gasteiger partial charge < -0.3 is 19.1 Å². The molecule has 0 bridgehead atoms. The lowest BCUT2D eigenvalue weighted by molar-refractivity contribution is -0.385. The number of hydrogen-bond donors (Lipinski definition) is 0. The summed E-state index contributed by atoms with van der Waals surface area (Å²) in [6, 6.07) is 6.41. The molecule has 35 heavy (non-hydrogen) atoms. The number of ether oxygens (including phenoxy) is 3. The summed E-state index contributed by atoms with van der Waals surface area (Å²) in [5.74, 6) is 1.30. The van der Waals surface area contributed by atoms with Crippen molar-refractivity contribution < 1.29 is 32.3 Å². The van der Waals surface area contributed by atoms with Crippen molar-refractivity contribution in [3.8, 4) is 17.2 Å². The van der Waals surface area contributed by atoms with E-state index in [4.69, 9.17) is 14.2 Å². The summed E-state index contributed by atoms with van der Waals surface area (Å²) in [6.07, 6.45) is -3.87. The molecule has 2 aliphatic rings. The fourth-order valence-corrected chi connectivity index (χ4v) is 4.49. The predicted molar refractivity (Wildman–Crippen MR) is 124 cm³/mol. The molecule has 1 saturated heterocycles. The molecule has 0 amide bonds. The lowest BCUT2D eigenvalue weighted by Crippen LogP contribution is -2.47. The first-order valence-corrected chi connectivity index (χ1v) is 11.3. The Morgan fingerprint density at radius 3 is 2.46 bits per heavy atom. The van der Waals surface area contributed by atoms with Crippen molar-refractivity contribution in [2.75, 3.05) is 51.3 Å². The number of nitro benzene ring substituents is 1. The van der Waals surface area contributed by atoms with Gasteiger partial charge in [-0.3, -0.25) is 15.0 Å². The van der Waals surface area contributed by atoms with Crippen molar-refractivity contribution in [2.45, 2.75) is 32.0 Å². The van der Waals surface area contributed by atoms with Crippen LogP contribution in [0.4, 0.5) is 24.5 Å². The maximum Gasteiger partial charge on any atom is 0.416 e. The standard InChI is InChI=1S/C24H28F3N3O5/c1-23(2)15-16-12-18(30(31)32)14-21(22(16)35-23)34-11-10-28-6-8-29(9-7-28)19-13-17(24(25,26)27)4-5-20(19)33-3/h4-5,12-14H,6-11,15H2,1-3H3. The lowest BCUT2D eigenvalue weighted by atomic mass is 10.0. The minimum Gasteiger partial charge on any atom is -0.495 e. The third-order valence-corrected chi connectivity index (χ3v) is 6.21. The first kappa shape index (κ1) is 24.9. The molecule has 8 nitrogen and oxygen atoms in total. The molecule has 2 aromatic rings. The van der Waals surface area contributed by atoms with Crippen LogP contribution in [0.15, 0.2) is 30.3 Å². The van der Waals surface area contributed by atoms with Gasteiger partial charge in [-0.2, -0.15) is 13.2 Å². The highest BCUT2D eigenvalue weighted by molar-refractivity contribution is 5.61. The van der Waals surface area contributed by atoms with Crippen molar-refractivity contribution in [1.29, 1.82) is 0 Å². The fourth-order valence-electron chi connectivity index (χ4n) is 4.49. The average Bonchev–Trinajstić information content (AvgIpc) is 3.12. The molecule has 2 heterocycles. The van der Waals surface area contributed by atoms with Gasteiger partial charge >= 0.3 is 6.18 Å². The van der Waals surface area contributed by atoms with E-state index in [-0.39, 0.29) is 5.69 Å².